The number of ether oxygens (including phenoxy) is 1. The maximum absolute atomic E-state index is 10.2. The Morgan fingerprint density at radius 2 is 2.00 bits per heavy atom. The van der Waals surface area contributed by atoms with Gasteiger partial charge in [-0.2, -0.15) is 0 Å². The van der Waals surface area contributed by atoms with E-state index in [1.165, 1.54) is 0 Å². The third-order valence-corrected chi connectivity index (χ3v) is 3.44. The molecule has 102 valence electrons. The van der Waals surface area contributed by atoms with Gasteiger partial charge in [0.25, 0.3) is 0 Å². The third-order valence-electron chi connectivity index (χ3n) is 3.20. The van der Waals surface area contributed by atoms with Gasteiger partial charge in [0, 0.05) is 17.1 Å². The zero-order valence-electron chi connectivity index (χ0n) is 11.3. The Morgan fingerprint density at radius 1 is 1.33 bits per heavy atom. The second kappa shape index (κ2) is 6.98. The van der Waals surface area contributed by atoms with Crippen molar-refractivity contribution < 1.29 is 9.84 Å². The highest BCUT2D eigenvalue weighted by Crippen LogP contribution is 2.25. The summed E-state index contributed by atoms with van der Waals surface area (Å²) in [6, 6.07) is 5.53. The molecule has 0 fully saturated rings. The highest BCUT2D eigenvalue weighted by Gasteiger charge is 2.23. The molecule has 0 unspecified atom stereocenters. The minimum absolute atomic E-state index is 0.304. The van der Waals surface area contributed by atoms with E-state index in [1.54, 1.807) is 6.07 Å². The molecule has 0 spiro atoms. The molecular formula is C14H22ClNO2. The van der Waals surface area contributed by atoms with Gasteiger partial charge < -0.3 is 15.2 Å². The van der Waals surface area contributed by atoms with Gasteiger partial charge in [-0.1, -0.05) is 25.4 Å². The van der Waals surface area contributed by atoms with E-state index < -0.39 is 5.60 Å². The molecule has 0 saturated heterocycles. The van der Waals surface area contributed by atoms with Crippen LogP contribution in [0.1, 0.15) is 32.3 Å². The van der Waals surface area contributed by atoms with Crippen molar-refractivity contribution in [3.05, 3.63) is 28.8 Å². The monoisotopic (exact) mass is 271 g/mol. The summed E-state index contributed by atoms with van der Waals surface area (Å²) in [4.78, 5) is 0. The number of hydrogen-bond acceptors (Lipinski definition) is 3. The minimum Gasteiger partial charge on any atom is -0.490 e. The topological polar surface area (TPSA) is 41.5 Å². The molecule has 1 aromatic rings. The third kappa shape index (κ3) is 4.16. The van der Waals surface area contributed by atoms with Gasteiger partial charge in [-0.3, -0.25) is 0 Å². The molecule has 1 aromatic carbocycles. The Balaban J connectivity index is 2.77. The normalized spacial score (nSPS) is 11.6. The Hall–Kier alpha value is -0.770. The first-order valence-corrected chi connectivity index (χ1v) is 6.70. The fraction of sp³-hybridized carbons (Fsp3) is 0.571. The number of hydrogen-bond donors (Lipinski definition) is 2. The first-order valence-electron chi connectivity index (χ1n) is 6.33. The average molecular weight is 272 g/mol. The second-order valence-corrected chi connectivity index (χ2v) is 4.94. The van der Waals surface area contributed by atoms with Crippen LogP contribution >= 0.6 is 11.6 Å². The van der Waals surface area contributed by atoms with Crippen molar-refractivity contribution in [1.82, 2.24) is 5.32 Å². The van der Waals surface area contributed by atoms with Crippen molar-refractivity contribution in [3.63, 3.8) is 0 Å². The lowest BCUT2D eigenvalue weighted by Gasteiger charge is -2.25. The van der Waals surface area contributed by atoms with Crippen LogP contribution in [0, 0.1) is 0 Å². The molecule has 4 heteroatoms. The number of rotatable bonds is 7. The lowest BCUT2D eigenvalue weighted by atomic mass is 9.99. The lowest BCUT2D eigenvalue weighted by Crippen LogP contribution is -2.34. The summed E-state index contributed by atoms with van der Waals surface area (Å²) in [5.74, 6) is 0.772. The molecule has 0 heterocycles. The molecular weight excluding hydrogens is 250 g/mol. The summed E-state index contributed by atoms with van der Waals surface area (Å²) in [5.41, 5.74) is 0.246. The van der Waals surface area contributed by atoms with Crippen LogP contribution in [-0.2, 0) is 6.54 Å². The van der Waals surface area contributed by atoms with Crippen LogP contribution in [0.2, 0.25) is 5.02 Å². The molecule has 0 bridgehead atoms. The zero-order valence-corrected chi connectivity index (χ0v) is 12.0. The Kier molecular flexibility index (Phi) is 5.93. The van der Waals surface area contributed by atoms with Crippen molar-refractivity contribution in [2.24, 2.45) is 0 Å². The number of nitrogens with one attached hydrogen (secondary N) is 1. The minimum atomic E-state index is -0.753. The molecule has 18 heavy (non-hydrogen) atoms. The van der Waals surface area contributed by atoms with E-state index in [1.807, 2.05) is 33.0 Å². The van der Waals surface area contributed by atoms with Crippen LogP contribution in [0.15, 0.2) is 18.2 Å². The van der Waals surface area contributed by atoms with E-state index in [2.05, 4.69) is 5.32 Å². The molecule has 3 nitrogen and oxygen atoms in total. The van der Waals surface area contributed by atoms with Crippen molar-refractivity contribution in [2.75, 3.05) is 13.7 Å². The molecule has 0 aliphatic heterocycles. The van der Waals surface area contributed by atoms with Gasteiger partial charge in [0.1, 0.15) is 12.4 Å². The summed E-state index contributed by atoms with van der Waals surface area (Å²) < 4.78 is 5.74. The van der Waals surface area contributed by atoms with Gasteiger partial charge in [-0.25, -0.2) is 0 Å². The number of halogens is 1. The predicted molar refractivity (Wildman–Crippen MR) is 75.2 cm³/mol. The molecule has 0 aliphatic rings. The fourth-order valence-electron chi connectivity index (χ4n) is 1.68. The van der Waals surface area contributed by atoms with E-state index in [0.29, 0.717) is 31.0 Å². The van der Waals surface area contributed by atoms with Crippen LogP contribution in [-0.4, -0.2) is 24.4 Å². The Bertz CT molecular complexity index is 378. The Labute approximate surface area is 114 Å². The molecule has 0 radical (unpaired) electrons. The van der Waals surface area contributed by atoms with E-state index in [-0.39, 0.29) is 0 Å². The molecule has 1 rings (SSSR count). The van der Waals surface area contributed by atoms with Crippen LogP contribution in [0.25, 0.3) is 0 Å². The van der Waals surface area contributed by atoms with Crippen LogP contribution in [0.5, 0.6) is 5.75 Å². The van der Waals surface area contributed by atoms with Crippen molar-refractivity contribution >= 4 is 11.6 Å². The molecule has 0 aromatic heterocycles. The lowest BCUT2D eigenvalue weighted by molar-refractivity contribution is -0.0116. The van der Waals surface area contributed by atoms with Gasteiger partial charge in [0.05, 0.1) is 5.60 Å². The maximum Gasteiger partial charge on any atom is 0.124 e. The summed E-state index contributed by atoms with van der Waals surface area (Å²) in [6.07, 6.45) is 1.36. The smallest absolute Gasteiger partial charge is 0.124 e. The second-order valence-electron chi connectivity index (χ2n) is 4.50. The van der Waals surface area contributed by atoms with E-state index in [0.717, 1.165) is 11.3 Å². The van der Waals surface area contributed by atoms with Crippen molar-refractivity contribution in [1.29, 1.82) is 0 Å². The van der Waals surface area contributed by atoms with Gasteiger partial charge in [-0.15, -0.1) is 0 Å². The molecule has 0 atom stereocenters. The molecule has 0 aliphatic carbocycles. The SMILES string of the molecule is CCC(O)(CC)COc1ccc(Cl)cc1CNC. The molecule has 2 N–H and O–H groups in total. The predicted octanol–water partition coefficient (Wildman–Crippen LogP) is 2.99. The first kappa shape index (κ1) is 15.3. The van der Waals surface area contributed by atoms with Gasteiger partial charge in [0.2, 0.25) is 0 Å². The van der Waals surface area contributed by atoms with Crippen LogP contribution in [0.4, 0.5) is 0 Å². The van der Waals surface area contributed by atoms with E-state index >= 15 is 0 Å². The van der Waals surface area contributed by atoms with Crippen LogP contribution in [0.3, 0.4) is 0 Å². The maximum atomic E-state index is 10.2. The molecule has 0 amide bonds. The summed E-state index contributed by atoms with van der Waals surface area (Å²) in [6.45, 7) is 4.91. The van der Waals surface area contributed by atoms with Gasteiger partial charge >= 0.3 is 0 Å². The Morgan fingerprint density at radius 3 is 2.56 bits per heavy atom. The van der Waals surface area contributed by atoms with Gasteiger partial charge in [-0.05, 0) is 38.1 Å². The molecule has 0 saturated carbocycles. The average Bonchev–Trinajstić information content (AvgIpc) is 2.38. The largest absolute Gasteiger partial charge is 0.490 e. The number of benzene rings is 1. The number of aliphatic hydroxyl groups is 1. The first-order chi connectivity index (χ1) is 8.54. The zero-order chi connectivity index (χ0) is 13.6. The highest BCUT2D eigenvalue weighted by molar-refractivity contribution is 6.30. The standard InChI is InChI=1S/C14H22ClNO2/c1-4-14(17,5-2)10-18-13-7-6-12(15)8-11(13)9-16-3/h6-8,16-17H,4-5,9-10H2,1-3H3. The fourth-order valence-corrected chi connectivity index (χ4v) is 1.88. The van der Waals surface area contributed by atoms with Crippen molar-refractivity contribution in [2.45, 2.75) is 38.8 Å². The summed E-state index contributed by atoms with van der Waals surface area (Å²) in [5, 5.41) is 14.0. The van der Waals surface area contributed by atoms with Crippen LogP contribution < -0.4 is 10.1 Å². The summed E-state index contributed by atoms with van der Waals surface area (Å²) in [7, 11) is 1.87. The highest BCUT2D eigenvalue weighted by atomic mass is 35.5. The summed E-state index contributed by atoms with van der Waals surface area (Å²) >= 11 is 5.96. The quantitative estimate of drug-likeness (QED) is 0.801. The van der Waals surface area contributed by atoms with Crippen molar-refractivity contribution in [3.8, 4) is 5.75 Å². The van der Waals surface area contributed by atoms with E-state index in [9.17, 15) is 5.11 Å². The van der Waals surface area contributed by atoms with E-state index in [4.69, 9.17) is 16.3 Å². The van der Waals surface area contributed by atoms with Gasteiger partial charge in [0.15, 0.2) is 0 Å².